The molecule has 0 radical (unpaired) electrons. The lowest BCUT2D eigenvalue weighted by Crippen LogP contribution is -1.99. The summed E-state index contributed by atoms with van der Waals surface area (Å²) in [5.41, 5.74) is 6.32. The van der Waals surface area contributed by atoms with Gasteiger partial charge >= 0.3 is 0 Å². The molecular formula is C10H12BrClFN. The highest BCUT2D eigenvalue weighted by Crippen LogP contribution is 2.27. The largest absolute Gasteiger partial charge is 0.330 e. The first kappa shape index (κ1) is 12.0. The van der Waals surface area contributed by atoms with Gasteiger partial charge in [0.1, 0.15) is 5.82 Å². The second-order valence-corrected chi connectivity index (χ2v) is 4.35. The van der Waals surface area contributed by atoms with E-state index in [2.05, 4.69) is 15.9 Å². The molecule has 0 saturated heterocycles. The standard InChI is InChI=1S/C10H12BrClFN/c11-8-5-7(3-1-2-4-14)6-9(13)10(8)12/h5-6H,1-4,14H2. The van der Waals surface area contributed by atoms with Crippen LogP contribution in [-0.2, 0) is 6.42 Å². The van der Waals surface area contributed by atoms with E-state index in [-0.39, 0.29) is 10.8 Å². The van der Waals surface area contributed by atoms with Gasteiger partial charge in [0.25, 0.3) is 0 Å². The SMILES string of the molecule is NCCCCc1cc(F)c(Cl)c(Br)c1. The van der Waals surface area contributed by atoms with Crippen molar-refractivity contribution in [2.75, 3.05) is 6.54 Å². The second-order valence-electron chi connectivity index (χ2n) is 3.12. The van der Waals surface area contributed by atoms with Crippen molar-refractivity contribution in [2.45, 2.75) is 19.3 Å². The van der Waals surface area contributed by atoms with Crippen LogP contribution in [0.4, 0.5) is 4.39 Å². The van der Waals surface area contributed by atoms with Gasteiger partial charge < -0.3 is 5.73 Å². The summed E-state index contributed by atoms with van der Waals surface area (Å²) in [6.45, 7) is 0.678. The lowest BCUT2D eigenvalue weighted by molar-refractivity contribution is 0.623. The number of aryl methyl sites for hydroxylation is 1. The number of hydrogen-bond acceptors (Lipinski definition) is 1. The van der Waals surface area contributed by atoms with E-state index in [1.54, 1.807) is 0 Å². The summed E-state index contributed by atoms with van der Waals surface area (Å²) in [5, 5.41) is 0.146. The number of unbranched alkanes of at least 4 members (excludes halogenated alkanes) is 1. The van der Waals surface area contributed by atoms with E-state index in [9.17, 15) is 4.39 Å². The number of halogens is 3. The van der Waals surface area contributed by atoms with Gasteiger partial charge in [-0.05, 0) is 59.4 Å². The molecule has 1 aromatic rings. The first-order valence-electron chi connectivity index (χ1n) is 4.48. The van der Waals surface area contributed by atoms with Gasteiger partial charge in [-0.15, -0.1) is 0 Å². The molecule has 4 heteroatoms. The van der Waals surface area contributed by atoms with Gasteiger partial charge in [0.2, 0.25) is 0 Å². The predicted molar refractivity (Wildman–Crippen MR) is 61.1 cm³/mol. The van der Waals surface area contributed by atoms with Crippen LogP contribution in [-0.4, -0.2) is 6.54 Å². The van der Waals surface area contributed by atoms with Crippen molar-refractivity contribution in [3.8, 4) is 0 Å². The predicted octanol–water partition coefficient (Wildman–Crippen LogP) is 3.52. The summed E-state index contributed by atoms with van der Waals surface area (Å²) in [6, 6.07) is 3.32. The number of benzene rings is 1. The first-order chi connectivity index (χ1) is 6.65. The minimum atomic E-state index is -0.371. The van der Waals surface area contributed by atoms with Gasteiger partial charge in [-0.3, -0.25) is 0 Å². The lowest BCUT2D eigenvalue weighted by Gasteiger charge is -2.04. The van der Waals surface area contributed by atoms with Crippen LogP contribution in [0.15, 0.2) is 16.6 Å². The highest BCUT2D eigenvalue weighted by molar-refractivity contribution is 9.10. The van der Waals surface area contributed by atoms with E-state index in [0.717, 1.165) is 24.8 Å². The van der Waals surface area contributed by atoms with Crippen LogP contribution in [0.1, 0.15) is 18.4 Å². The summed E-state index contributed by atoms with van der Waals surface area (Å²) in [4.78, 5) is 0. The van der Waals surface area contributed by atoms with Gasteiger partial charge in [0.15, 0.2) is 0 Å². The molecule has 0 atom stereocenters. The van der Waals surface area contributed by atoms with Crippen LogP contribution in [0.3, 0.4) is 0 Å². The third-order valence-corrected chi connectivity index (χ3v) is 3.20. The van der Waals surface area contributed by atoms with Crippen molar-refractivity contribution in [1.29, 1.82) is 0 Å². The molecule has 78 valence electrons. The van der Waals surface area contributed by atoms with Gasteiger partial charge in [-0.2, -0.15) is 0 Å². The zero-order chi connectivity index (χ0) is 10.6. The third kappa shape index (κ3) is 3.23. The van der Waals surface area contributed by atoms with Crippen molar-refractivity contribution in [3.05, 3.63) is 33.0 Å². The van der Waals surface area contributed by atoms with E-state index >= 15 is 0 Å². The molecule has 0 aliphatic carbocycles. The number of rotatable bonds is 4. The molecule has 0 unspecified atom stereocenters. The van der Waals surface area contributed by atoms with Crippen LogP contribution in [0.25, 0.3) is 0 Å². The van der Waals surface area contributed by atoms with Crippen molar-refractivity contribution in [2.24, 2.45) is 5.73 Å². The van der Waals surface area contributed by atoms with Crippen LogP contribution in [0, 0.1) is 5.82 Å². The third-order valence-electron chi connectivity index (χ3n) is 1.96. The fourth-order valence-corrected chi connectivity index (χ4v) is 1.82. The molecule has 0 bridgehead atoms. The minimum Gasteiger partial charge on any atom is -0.330 e. The van der Waals surface area contributed by atoms with Gasteiger partial charge in [0, 0.05) is 4.47 Å². The maximum absolute atomic E-state index is 13.2. The summed E-state index contributed by atoms with van der Waals surface area (Å²) in [6.07, 6.45) is 2.77. The fourth-order valence-electron chi connectivity index (χ4n) is 1.23. The molecule has 0 aliphatic rings. The number of hydrogen-bond donors (Lipinski definition) is 1. The Labute approximate surface area is 96.6 Å². The molecule has 0 heterocycles. The molecular weight excluding hydrogens is 268 g/mol. The van der Waals surface area contributed by atoms with Crippen molar-refractivity contribution >= 4 is 27.5 Å². The van der Waals surface area contributed by atoms with Gasteiger partial charge in [-0.1, -0.05) is 11.6 Å². The Morgan fingerprint density at radius 2 is 2.07 bits per heavy atom. The molecule has 1 nitrogen and oxygen atoms in total. The Morgan fingerprint density at radius 1 is 1.36 bits per heavy atom. The molecule has 1 rings (SSSR count). The zero-order valence-electron chi connectivity index (χ0n) is 7.69. The van der Waals surface area contributed by atoms with Gasteiger partial charge in [-0.25, -0.2) is 4.39 Å². The molecule has 0 aromatic heterocycles. The fraction of sp³-hybridized carbons (Fsp3) is 0.400. The molecule has 0 amide bonds. The molecule has 1 aromatic carbocycles. The Hall–Kier alpha value is -0.120. The van der Waals surface area contributed by atoms with Crippen LogP contribution < -0.4 is 5.73 Å². The molecule has 0 fully saturated rings. The summed E-state index contributed by atoms with van der Waals surface area (Å²) >= 11 is 8.88. The van der Waals surface area contributed by atoms with E-state index < -0.39 is 0 Å². The Kier molecular flexibility index (Phi) is 4.85. The highest BCUT2D eigenvalue weighted by Gasteiger charge is 2.06. The Morgan fingerprint density at radius 3 is 2.64 bits per heavy atom. The zero-order valence-corrected chi connectivity index (χ0v) is 10.0. The summed E-state index contributed by atoms with van der Waals surface area (Å²) in [5.74, 6) is -0.371. The smallest absolute Gasteiger partial charge is 0.143 e. The Bertz CT molecular complexity index is 294. The van der Waals surface area contributed by atoms with E-state index in [1.165, 1.54) is 6.07 Å². The summed E-state index contributed by atoms with van der Waals surface area (Å²) < 4.78 is 13.8. The average molecular weight is 281 g/mol. The molecule has 0 aliphatic heterocycles. The van der Waals surface area contributed by atoms with Crippen LogP contribution in [0.5, 0.6) is 0 Å². The molecule has 14 heavy (non-hydrogen) atoms. The van der Waals surface area contributed by atoms with E-state index in [4.69, 9.17) is 17.3 Å². The summed E-state index contributed by atoms with van der Waals surface area (Å²) in [7, 11) is 0. The average Bonchev–Trinajstić information content (AvgIpc) is 2.14. The van der Waals surface area contributed by atoms with Gasteiger partial charge in [0.05, 0.1) is 5.02 Å². The Balaban J connectivity index is 2.69. The van der Waals surface area contributed by atoms with E-state index in [1.807, 2.05) is 6.07 Å². The molecule has 0 spiro atoms. The number of nitrogens with two attached hydrogens (primary N) is 1. The minimum absolute atomic E-state index is 0.146. The highest BCUT2D eigenvalue weighted by atomic mass is 79.9. The van der Waals surface area contributed by atoms with Crippen molar-refractivity contribution in [1.82, 2.24) is 0 Å². The topological polar surface area (TPSA) is 26.0 Å². The lowest BCUT2D eigenvalue weighted by atomic mass is 10.1. The normalized spacial score (nSPS) is 10.6. The van der Waals surface area contributed by atoms with Crippen molar-refractivity contribution < 1.29 is 4.39 Å². The molecule has 0 saturated carbocycles. The van der Waals surface area contributed by atoms with Crippen LogP contribution in [0.2, 0.25) is 5.02 Å². The maximum atomic E-state index is 13.2. The quantitative estimate of drug-likeness (QED) is 0.663. The molecule has 2 N–H and O–H groups in total. The maximum Gasteiger partial charge on any atom is 0.143 e. The van der Waals surface area contributed by atoms with Crippen LogP contribution >= 0.6 is 27.5 Å². The van der Waals surface area contributed by atoms with E-state index in [0.29, 0.717) is 11.0 Å². The first-order valence-corrected chi connectivity index (χ1v) is 5.65. The second kappa shape index (κ2) is 5.69. The van der Waals surface area contributed by atoms with Crippen molar-refractivity contribution in [3.63, 3.8) is 0 Å². The monoisotopic (exact) mass is 279 g/mol.